The third-order valence-electron chi connectivity index (χ3n) is 3.81. The van der Waals surface area contributed by atoms with Crippen molar-refractivity contribution in [3.63, 3.8) is 0 Å². The molecule has 0 saturated carbocycles. The van der Waals surface area contributed by atoms with Gasteiger partial charge in [-0.25, -0.2) is 0 Å². The number of carbonyl (C=O) groups is 2. The molecule has 0 aliphatic heterocycles. The standard InChI is InChI=1S/C19H20Cl2N2O2/c1-12-6-4-7-14(10-12)18(24)22-13(2)19(25)23(3)11-15-8-5-9-16(20)17(15)21/h4-10,13H,11H2,1-3H3,(H,22,24). The van der Waals surface area contributed by atoms with Gasteiger partial charge in [-0.1, -0.05) is 53.0 Å². The van der Waals surface area contributed by atoms with Crippen LogP contribution in [0.4, 0.5) is 0 Å². The first-order valence-electron chi connectivity index (χ1n) is 7.85. The molecule has 2 rings (SSSR count). The van der Waals surface area contributed by atoms with E-state index in [0.717, 1.165) is 11.1 Å². The summed E-state index contributed by atoms with van der Waals surface area (Å²) in [5, 5.41) is 3.60. The van der Waals surface area contributed by atoms with Crippen LogP contribution in [-0.2, 0) is 11.3 Å². The molecular formula is C19H20Cl2N2O2. The lowest BCUT2D eigenvalue weighted by Gasteiger charge is -2.23. The fraction of sp³-hybridized carbons (Fsp3) is 0.263. The molecule has 0 radical (unpaired) electrons. The van der Waals surface area contributed by atoms with Crippen LogP contribution in [0, 0.1) is 6.92 Å². The molecule has 0 fully saturated rings. The summed E-state index contributed by atoms with van der Waals surface area (Å²) in [7, 11) is 1.66. The van der Waals surface area contributed by atoms with E-state index in [0.29, 0.717) is 22.2 Å². The SMILES string of the molecule is Cc1cccc(C(=O)NC(C)C(=O)N(C)Cc2cccc(Cl)c2Cl)c1. The minimum absolute atomic E-state index is 0.211. The number of halogens is 2. The van der Waals surface area contributed by atoms with Crippen LogP contribution in [0.15, 0.2) is 42.5 Å². The van der Waals surface area contributed by atoms with E-state index in [1.165, 1.54) is 4.90 Å². The van der Waals surface area contributed by atoms with Gasteiger partial charge in [0.25, 0.3) is 5.91 Å². The lowest BCUT2D eigenvalue weighted by atomic mass is 10.1. The van der Waals surface area contributed by atoms with Crippen molar-refractivity contribution in [1.82, 2.24) is 10.2 Å². The van der Waals surface area contributed by atoms with E-state index in [2.05, 4.69) is 5.32 Å². The largest absolute Gasteiger partial charge is 0.341 e. The highest BCUT2D eigenvalue weighted by molar-refractivity contribution is 6.42. The van der Waals surface area contributed by atoms with Crippen molar-refractivity contribution >= 4 is 35.0 Å². The molecule has 0 spiro atoms. The number of amides is 2. The zero-order valence-corrected chi connectivity index (χ0v) is 15.9. The van der Waals surface area contributed by atoms with Gasteiger partial charge in [0.15, 0.2) is 0 Å². The maximum absolute atomic E-state index is 12.5. The Balaban J connectivity index is 2.01. The number of carbonyl (C=O) groups excluding carboxylic acids is 2. The number of nitrogens with one attached hydrogen (secondary N) is 1. The van der Waals surface area contributed by atoms with Gasteiger partial charge < -0.3 is 10.2 Å². The van der Waals surface area contributed by atoms with Crippen LogP contribution in [-0.4, -0.2) is 29.8 Å². The molecule has 1 atom stereocenters. The Labute approximate surface area is 157 Å². The van der Waals surface area contributed by atoms with Crippen molar-refractivity contribution in [2.45, 2.75) is 26.4 Å². The average Bonchev–Trinajstić information content (AvgIpc) is 2.58. The van der Waals surface area contributed by atoms with Crippen molar-refractivity contribution in [3.05, 3.63) is 69.2 Å². The van der Waals surface area contributed by atoms with Gasteiger partial charge in [0, 0.05) is 19.2 Å². The third-order valence-corrected chi connectivity index (χ3v) is 4.67. The molecule has 0 aromatic heterocycles. The predicted molar refractivity (Wildman–Crippen MR) is 101 cm³/mol. The van der Waals surface area contributed by atoms with Gasteiger partial charge in [-0.15, -0.1) is 0 Å². The van der Waals surface area contributed by atoms with E-state index in [9.17, 15) is 9.59 Å². The second-order valence-corrected chi connectivity index (χ2v) is 6.76. The van der Waals surface area contributed by atoms with E-state index in [1.807, 2.05) is 25.1 Å². The maximum Gasteiger partial charge on any atom is 0.251 e. The molecule has 0 bridgehead atoms. The number of likely N-dealkylation sites (N-methyl/N-ethyl adjacent to an activating group) is 1. The first kappa shape index (κ1) is 19.3. The van der Waals surface area contributed by atoms with Crippen LogP contribution < -0.4 is 5.32 Å². The Bertz CT molecular complexity index is 793. The summed E-state index contributed by atoms with van der Waals surface area (Å²) in [5.41, 5.74) is 2.27. The van der Waals surface area contributed by atoms with Gasteiger partial charge in [-0.2, -0.15) is 0 Å². The van der Waals surface area contributed by atoms with Crippen molar-refractivity contribution < 1.29 is 9.59 Å². The fourth-order valence-corrected chi connectivity index (χ4v) is 2.84. The summed E-state index contributed by atoms with van der Waals surface area (Å²) < 4.78 is 0. The minimum Gasteiger partial charge on any atom is -0.341 e. The molecule has 0 saturated heterocycles. The van der Waals surface area contributed by atoms with Crippen LogP contribution in [0.2, 0.25) is 10.0 Å². The Morgan fingerprint density at radius 3 is 2.52 bits per heavy atom. The van der Waals surface area contributed by atoms with Crippen molar-refractivity contribution in [3.8, 4) is 0 Å². The summed E-state index contributed by atoms with van der Waals surface area (Å²) in [6, 6.07) is 11.9. The summed E-state index contributed by atoms with van der Waals surface area (Å²) in [5.74, 6) is -0.490. The summed E-state index contributed by atoms with van der Waals surface area (Å²) >= 11 is 12.2. The normalized spacial score (nSPS) is 11.7. The van der Waals surface area contributed by atoms with Gasteiger partial charge in [0.2, 0.25) is 5.91 Å². The van der Waals surface area contributed by atoms with Crippen molar-refractivity contribution in [1.29, 1.82) is 0 Å². The van der Waals surface area contributed by atoms with E-state index < -0.39 is 6.04 Å². The van der Waals surface area contributed by atoms with E-state index in [-0.39, 0.29) is 11.8 Å². The molecule has 1 unspecified atom stereocenters. The summed E-state index contributed by atoms with van der Waals surface area (Å²) in [6.07, 6.45) is 0. The lowest BCUT2D eigenvalue weighted by molar-refractivity contribution is -0.132. The first-order chi connectivity index (χ1) is 11.8. The monoisotopic (exact) mass is 378 g/mol. The average molecular weight is 379 g/mol. The number of hydrogen-bond acceptors (Lipinski definition) is 2. The van der Waals surface area contributed by atoms with Crippen LogP contribution >= 0.6 is 23.2 Å². The Hall–Kier alpha value is -2.04. The molecule has 132 valence electrons. The molecule has 2 aromatic carbocycles. The number of rotatable bonds is 5. The highest BCUT2D eigenvalue weighted by Crippen LogP contribution is 2.26. The van der Waals surface area contributed by atoms with Crippen LogP contribution in [0.1, 0.15) is 28.4 Å². The van der Waals surface area contributed by atoms with Gasteiger partial charge in [-0.05, 0) is 37.6 Å². The second-order valence-electron chi connectivity index (χ2n) is 5.97. The quantitative estimate of drug-likeness (QED) is 0.851. The van der Waals surface area contributed by atoms with Gasteiger partial charge >= 0.3 is 0 Å². The Morgan fingerprint density at radius 1 is 1.16 bits per heavy atom. The van der Waals surface area contributed by atoms with Gasteiger partial charge in [0.05, 0.1) is 10.0 Å². The van der Waals surface area contributed by atoms with Gasteiger partial charge in [-0.3, -0.25) is 9.59 Å². The molecule has 0 aliphatic rings. The van der Waals surface area contributed by atoms with E-state index >= 15 is 0 Å². The highest BCUT2D eigenvalue weighted by Gasteiger charge is 2.21. The second kappa shape index (κ2) is 8.37. The van der Waals surface area contributed by atoms with Crippen LogP contribution in [0.5, 0.6) is 0 Å². The third kappa shape index (κ3) is 4.97. The van der Waals surface area contributed by atoms with E-state index in [1.54, 1.807) is 38.2 Å². The van der Waals surface area contributed by atoms with E-state index in [4.69, 9.17) is 23.2 Å². The lowest BCUT2D eigenvalue weighted by Crippen LogP contribution is -2.45. The molecule has 6 heteroatoms. The minimum atomic E-state index is -0.657. The van der Waals surface area contributed by atoms with Crippen molar-refractivity contribution in [2.24, 2.45) is 0 Å². The highest BCUT2D eigenvalue weighted by atomic mass is 35.5. The molecule has 25 heavy (non-hydrogen) atoms. The fourth-order valence-electron chi connectivity index (χ4n) is 2.46. The van der Waals surface area contributed by atoms with Crippen molar-refractivity contribution in [2.75, 3.05) is 7.05 Å². The summed E-state index contributed by atoms with van der Waals surface area (Å²) in [4.78, 5) is 26.3. The smallest absolute Gasteiger partial charge is 0.251 e. The molecule has 4 nitrogen and oxygen atoms in total. The predicted octanol–water partition coefficient (Wildman–Crippen LogP) is 4.08. The Morgan fingerprint density at radius 2 is 1.84 bits per heavy atom. The molecule has 0 heterocycles. The molecule has 2 amide bonds. The number of nitrogens with zero attached hydrogens (tertiary/aromatic N) is 1. The van der Waals surface area contributed by atoms with Gasteiger partial charge in [0.1, 0.15) is 6.04 Å². The maximum atomic E-state index is 12.5. The summed E-state index contributed by atoms with van der Waals surface area (Å²) in [6.45, 7) is 3.88. The Kier molecular flexibility index (Phi) is 6.45. The number of benzene rings is 2. The molecule has 1 N–H and O–H groups in total. The number of aryl methyl sites for hydroxylation is 1. The zero-order valence-electron chi connectivity index (χ0n) is 14.3. The van der Waals surface area contributed by atoms with Crippen LogP contribution in [0.25, 0.3) is 0 Å². The topological polar surface area (TPSA) is 49.4 Å². The number of hydrogen-bond donors (Lipinski definition) is 1. The molecule has 0 aliphatic carbocycles. The van der Waals surface area contributed by atoms with Crippen LogP contribution in [0.3, 0.4) is 0 Å². The zero-order chi connectivity index (χ0) is 18.6. The molecular weight excluding hydrogens is 359 g/mol. The first-order valence-corrected chi connectivity index (χ1v) is 8.60. The molecule has 2 aromatic rings.